The van der Waals surface area contributed by atoms with E-state index in [0.717, 1.165) is 10.9 Å². The van der Waals surface area contributed by atoms with Gasteiger partial charge in [-0.05, 0) is 52.9 Å². The molecule has 5 rings (SSSR count). The number of benzene rings is 1. The molecule has 0 bridgehead atoms. The van der Waals surface area contributed by atoms with E-state index in [2.05, 4.69) is 20.4 Å². The highest BCUT2D eigenvalue weighted by Gasteiger charge is 2.21. The van der Waals surface area contributed by atoms with Gasteiger partial charge in [-0.1, -0.05) is 20.8 Å². The normalized spacial score (nSPS) is 12.0. The van der Waals surface area contributed by atoms with Gasteiger partial charge in [-0.2, -0.15) is 9.78 Å². The molecule has 0 amide bonds. The maximum atomic E-state index is 15.2. The summed E-state index contributed by atoms with van der Waals surface area (Å²) in [6, 6.07) is 8.85. The average Bonchev–Trinajstić information content (AvgIpc) is 2.94. The van der Waals surface area contributed by atoms with Crippen molar-refractivity contribution in [3.05, 3.63) is 98.8 Å². The molecule has 4 aromatic heterocycles. The fourth-order valence-electron chi connectivity index (χ4n) is 4.58. The SMILES string of the molecule is Cn1cc(-c2ccnc(-n3ncc4cc(C(C)(C)C)cc(F)c4c3=O)c2C=O)cc(Nc2ccc(S(C)(=O)=O)cn2)c1=O. The Morgan fingerprint density at radius 1 is 1.00 bits per heavy atom. The average molecular weight is 603 g/mol. The van der Waals surface area contributed by atoms with E-state index in [1.165, 1.54) is 66.7 Å². The molecule has 0 saturated carbocycles. The Kier molecular flexibility index (Phi) is 7.30. The standard InChI is InChI=1S/C30H27FN6O5S/c1-30(2,3)19-10-17-13-34-37(29(40)26(17)23(31)12-19)27-22(16-38)21(8-9-32-27)18-11-24(28(39)36(4)15-18)35-25-7-6-20(14-33-25)43(5,41)42/h6-16H,1-5H3,(H,33,35). The quantitative estimate of drug-likeness (QED) is 0.286. The van der Waals surface area contributed by atoms with Crippen LogP contribution in [0.5, 0.6) is 0 Å². The van der Waals surface area contributed by atoms with Crippen molar-refractivity contribution in [2.75, 3.05) is 11.6 Å². The van der Waals surface area contributed by atoms with Crippen LogP contribution >= 0.6 is 0 Å². The lowest BCUT2D eigenvalue weighted by Gasteiger charge is -2.20. The van der Waals surface area contributed by atoms with E-state index in [9.17, 15) is 22.8 Å². The molecule has 0 spiro atoms. The molecule has 0 radical (unpaired) electrons. The second-order valence-electron chi connectivity index (χ2n) is 11.1. The fraction of sp³-hybridized carbons (Fsp3) is 0.200. The van der Waals surface area contributed by atoms with E-state index in [1.807, 2.05) is 20.8 Å². The largest absolute Gasteiger partial charge is 0.336 e. The number of carbonyl (C=O) groups is 1. The van der Waals surface area contributed by atoms with Crippen molar-refractivity contribution in [1.82, 2.24) is 24.3 Å². The molecule has 5 aromatic rings. The number of hydrogen-bond donors (Lipinski definition) is 1. The molecule has 11 nitrogen and oxygen atoms in total. The number of anilines is 2. The summed E-state index contributed by atoms with van der Waals surface area (Å²) < 4.78 is 40.9. The van der Waals surface area contributed by atoms with Crippen LogP contribution in [0, 0.1) is 5.82 Å². The van der Waals surface area contributed by atoms with E-state index >= 15 is 4.39 Å². The predicted octanol–water partition coefficient (Wildman–Crippen LogP) is 3.94. The number of nitrogens with one attached hydrogen (secondary N) is 1. The molecule has 0 aliphatic carbocycles. The number of aryl methyl sites for hydroxylation is 1. The Labute approximate surface area is 245 Å². The summed E-state index contributed by atoms with van der Waals surface area (Å²) in [4.78, 5) is 47.1. The molecule has 1 N–H and O–H groups in total. The Bertz CT molecular complexity index is 2150. The highest BCUT2D eigenvalue weighted by Crippen LogP contribution is 2.29. The first kappa shape index (κ1) is 29.5. The van der Waals surface area contributed by atoms with Crippen LogP contribution in [0.2, 0.25) is 0 Å². The number of nitrogens with zero attached hydrogens (tertiary/aromatic N) is 5. The highest BCUT2D eigenvalue weighted by atomic mass is 32.2. The van der Waals surface area contributed by atoms with Crippen molar-refractivity contribution >= 4 is 38.4 Å². The number of halogens is 1. The van der Waals surface area contributed by atoms with Crippen LogP contribution in [0.15, 0.2) is 75.7 Å². The number of rotatable bonds is 6. The lowest BCUT2D eigenvalue weighted by molar-refractivity contribution is 0.112. The van der Waals surface area contributed by atoms with Gasteiger partial charge in [0.25, 0.3) is 11.1 Å². The van der Waals surface area contributed by atoms with Gasteiger partial charge in [0.05, 0.1) is 22.0 Å². The van der Waals surface area contributed by atoms with Crippen LogP contribution < -0.4 is 16.4 Å². The van der Waals surface area contributed by atoms with Gasteiger partial charge >= 0.3 is 0 Å². The maximum Gasteiger partial charge on any atom is 0.283 e. The van der Waals surface area contributed by atoms with Gasteiger partial charge in [0, 0.05) is 42.8 Å². The minimum absolute atomic E-state index is 0.0107. The monoisotopic (exact) mass is 602 g/mol. The van der Waals surface area contributed by atoms with Gasteiger partial charge < -0.3 is 9.88 Å². The van der Waals surface area contributed by atoms with Crippen LogP contribution in [0.25, 0.3) is 27.7 Å². The molecule has 1 aromatic carbocycles. The molecule has 0 aliphatic heterocycles. The minimum Gasteiger partial charge on any atom is -0.336 e. The van der Waals surface area contributed by atoms with Crippen molar-refractivity contribution < 1.29 is 17.6 Å². The van der Waals surface area contributed by atoms with Crippen LogP contribution in [0.3, 0.4) is 0 Å². The third-order valence-electron chi connectivity index (χ3n) is 6.91. The Hall–Kier alpha value is -5.04. The van der Waals surface area contributed by atoms with E-state index in [0.29, 0.717) is 28.4 Å². The zero-order valence-electron chi connectivity index (χ0n) is 23.9. The van der Waals surface area contributed by atoms with Crippen molar-refractivity contribution in [2.24, 2.45) is 7.05 Å². The Morgan fingerprint density at radius 2 is 1.74 bits per heavy atom. The molecule has 220 valence electrons. The summed E-state index contributed by atoms with van der Waals surface area (Å²) in [6.45, 7) is 5.79. The van der Waals surface area contributed by atoms with Gasteiger partial charge in [0.1, 0.15) is 17.3 Å². The molecule has 0 atom stereocenters. The minimum atomic E-state index is -3.46. The molecule has 0 fully saturated rings. The number of pyridine rings is 3. The summed E-state index contributed by atoms with van der Waals surface area (Å²) in [5, 5.41) is 7.23. The van der Waals surface area contributed by atoms with E-state index in [1.54, 1.807) is 6.07 Å². The van der Waals surface area contributed by atoms with Gasteiger partial charge in [-0.15, -0.1) is 0 Å². The Balaban J connectivity index is 1.62. The molecule has 0 unspecified atom stereocenters. The van der Waals surface area contributed by atoms with Gasteiger partial charge in [0.2, 0.25) is 0 Å². The van der Waals surface area contributed by atoms with Crippen molar-refractivity contribution in [3.63, 3.8) is 0 Å². The summed E-state index contributed by atoms with van der Waals surface area (Å²) in [5.41, 5.74) is -0.0354. The lowest BCUT2D eigenvalue weighted by Crippen LogP contribution is -2.25. The molecule has 13 heteroatoms. The van der Waals surface area contributed by atoms with Gasteiger partial charge in [-0.25, -0.2) is 22.8 Å². The maximum absolute atomic E-state index is 15.2. The van der Waals surface area contributed by atoms with Crippen LogP contribution in [-0.4, -0.2) is 45.3 Å². The molecule has 0 saturated heterocycles. The second kappa shape index (κ2) is 10.7. The van der Waals surface area contributed by atoms with E-state index in [-0.39, 0.29) is 38.6 Å². The lowest BCUT2D eigenvalue weighted by atomic mass is 9.86. The van der Waals surface area contributed by atoms with Gasteiger partial charge in [0.15, 0.2) is 21.9 Å². The molecule has 43 heavy (non-hydrogen) atoms. The number of sulfone groups is 1. The van der Waals surface area contributed by atoms with Crippen LogP contribution in [-0.2, 0) is 22.3 Å². The third kappa shape index (κ3) is 5.58. The zero-order valence-corrected chi connectivity index (χ0v) is 24.7. The van der Waals surface area contributed by atoms with Crippen LogP contribution in [0.1, 0.15) is 36.7 Å². The summed E-state index contributed by atoms with van der Waals surface area (Å²) in [6.07, 6.45) is 6.98. The van der Waals surface area contributed by atoms with Crippen LogP contribution in [0.4, 0.5) is 15.9 Å². The van der Waals surface area contributed by atoms with E-state index in [4.69, 9.17) is 0 Å². The molecular formula is C30H27FN6O5S. The van der Waals surface area contributed by atoms with E-state index < -0.39 is 26.8 Å². The number of carbonyl (C=O) groups excluding carboxylic acids is 1. The number of aldehydes is 1. The fourth-order valence-corrected chi connectivity index (χ4v) is 5.14. The summed E-state index contributed by atoms with van der Waals surface area (Å²) in [5.74, 6) is -0.601. The van der Waals surface area contributed by atoms with Crippen molar-refractivity contribution in [2.45, 2.75) is 31.1 Å². The first-order valence-corrected chi connectivity index (χ1v) is 14.9. The topological polar surface area (TPSA) is 146 Å². The summed E-state index contributed by atoms with van der Waals surface area (Å²) >= 11 is 0. The highest BCUT2D eigenvalue weighted by molar-refractivity contribution is 7.90. The summed E-state index contributed by atoms with van der Waals surface area (Å²) in [7, 11) is -1.94. The first-order valence-electron chi connectivity index (χ1n) is 13.0. The third-order valence-corrected chi connectivity index (χ3v) is 8.01. The predicted molar refractivity (Wildman–Crippen MR) is 160 cm³/mol. The Morgan fingerprint density at radius 3 is 2.37 bits per heavy atom. The smallest absolute Gasteiger partial charge is 0.283 e. The van der Waals surface area contributed by atoms with Crippen molar-refractivity contribution in [3.8, 4) is 16.9 Å². The molecular weight excluding hydrogens is 575 g/mol. The van der Waals surface area contributed by atoms with Crippen molar-refractivity contribution in [1.29, 1.82) is 0 Å². The number of fused-ring (bicyclic) bond motifs is 1. The number of aromatic nitrogens is 5. The number of hydrogen-bond acceptors (Lipinski definition) is 9. The molecule has 4 heterocycles. The second-order valence-corrected chi connectivity index (χ2v) is 13.1. The zero-order chi connectivity index (χ0) is 31.3. The first-order chi connectivity index (χ1) is 20.2. The molecule has 0 aliphatic rings. The van der Waals surface area contributed by atoms with Gasteiger partial charge in [-0.3, -0.25) is 14.4 Å².